The Morgan fingerprint density at radius 3 is 0.471 bits per heavy atom. The van der Waals surface area contributed by atoms with Crippen molar-refractivity contribution >= 4 is 74.5 Å². The molecule has 0 heterocycles. The van der Waals surface area contributed by atoms with Gasteiger partial charge in [0.2, 0.25) is 0 Å². The summed E-state index contributed by atoms with van der Waals surface area (Å²) in [6.45, 7) is 0. The van der Waals surface area contributed by atoms with Crippen molar-refractivity contribution in [1.82, 2.24) is 0 Å². The van der Waals surface area contributed by atoms with Crippen molar-refractivity contribution in [2.75, 3.05) is 0 Å². The van der Waals surface area contributed by atoms with Crippen LogP contribution in [0, 0.1) is 0 Å². The van der Waals surface area contributed by atoms with Crippen LogP contribution in [-0.4, -0.2) is 74.5 Å². The van der Waals surface area contributed by atoms with Crippen molar-refractivity contribution in [2.24, 2.45) is 0 Å². The smallest absolute Gasteiger partial charge is 0 e. The summed E-state index contributed by atoms with van der Waals surface area (Å²) in [5, 5.41) is 0. The molecule has 0 aliphatic heterocycles. The molecule has 0 N–H and O–H groups in total. The fraction of sp³-hybridized carbons (Fsp3) is 0. The summed E-state index contributed by atoms with van der Waals surface area (Å²) in [6.07, 6.45) is 0. The summed E-state index contributed by atoms with van der Waals surface area (Å²) in [5.41, 5.74) is 0. The second kappa shape index (κ2) is 13.2. The molecule has 0 rings (SSSR count). The molecule has 12 nitrogen and oxygen atoms in total. The maximum Gasteiger partial charge on any atom is 0 e. The standard InChI is InChI=1S/GeH2.3H2O4Te.W/c;3*1-5(2,3)4;/h1H2;3*(H2,1,2,3,4);/p-6. The van der Waals surface area contributed by atoms with E-state index >= 15 is 0 Å². The second-order valence-corrected chi connectivity index (χ2v) is 8.22. The Balaban J connectivity index is -0.0000000400. The van der Waals surface area contributed by atoms with E-state index in [0.717, 1.165) is 0 Å². The third kappa shape index (κ3) is 1020. The molecular formula is H2GeO12Te3W-6. The van der Waals surface area contributed by atoms with Crippen LogP contribution in [0.25, 0.3) is 0 Å². The van der Waals surface area contributed by atoms with Gasteiger partial charge in [-0.3, -0.25) is 0 Å². The number of hydrogen-bond acceptors (Lipinski definition) is 12. The molecule has 0 aromatic heterocycles. The maximum atomic E-state index is 8.63. The van der Waals surface area contributed by atoms with Crippen molar-refractivity contribution < 1.29 is 60.5 Å². The minimum Gasteiger partial charge on any atom is 0 e. The molecule has 0 aromatic carbocycles. The Morgan fingerprint density at radius 1 is 0.471 bits per heavy atom. The molecule has 0 saturated heterocycles. The van der Waals surface area contributed by atoms with Crippen LogP contribution in [0.1, 0.15) is 0 Å². The molecule has 2 radical (unpaired) electrons. The van der Waals surface area contributed by atoms with Crippen molar-refractivity contribution in [3.8, 4) is 0 Å². The first-order valence-electron chi connectivity index (χ1n) is 2.00. The molecule has 108 valence electrons. The van der Waals surface area contributed by atoms with E-state index in [-0.39, 0.29) is 38.7 Å². The summed E-state index contributed by atoms with van der Waals surface area (Å²) in [7, 11) is 0. The summed E-state index contributed by atoms with van der Waals surface area (Å²) < 4.78 is 104. The zero-order valence-corrected chi connectivity index (χ0v) is 20.1. The first-order valence-corrected chi connectivity index (χ1v) is 13.4. The average Bonchev–Trinajstić information content (AvgIpc) is 1.41. The van der Waals surface area contributed by atoms with Crippen molar-refractivity contribution in [3.63, 3.8) is 0 Å². The van der Waals surface area contributed by atoms with Gasteiger partial charge in [0.05, 0.1) is 0 Å². The predicted molar refractivity (Wildman–Crippen MR) is 29.9 cm³/mol. The summed E-state index contributed by atoms with van der Waals surface area (Å²) in [6, 6.07) is 0. The molecule has 0 bridgehead atoms. The van der Waals surface area contributed by atoms with Gasteiger partial charge in [0, 0.05) is 21.1 Å². The molecule has 0 amide bonds. The van der Waals surface area contributed by atoms with Gasteiger partial charge in [0.25, 0.3) is 0 Å². The van der Waals surface area contributed by atoms with E-state index in [4.69, 9.17) is 39.5 Å². The number of hydrogen-bond donors (Lipinski definition) is 0. The number of rotatable bonds is 0. The van der Waals surface area contributed by atoms with Crippen LogP contribution < -0.4 is 20.8 Å². The fourth-order valence-corrected chi connectivity index (χ4v) is 0. The van der Waals surface area contributed by atoms with Crippen molar-refractivity contribution in [2.45, 2.75) is 0 Å². The van der Waals surface area contributed by atoms with Crippen molar-refractivity contribution in [3.05, 3.63) is 0 Å². The van der Waals surface area contributed by atoms with Gasteiger partial charge in [-0.25, -0.2) is 0 Å². The Bertz CT molecular complexity index is 343. The zero-order valence-electron chi connectivity index (χ0n) is 7.24. The van der Waals surface area contributed by atoms with Crippen LogP contribution in [0.3, 0.4) is 0 Å². The molecular weight excluding hydrogens is 831 g/mol. The summed E-state index contributed by atoms with van der Waals surface area (Å²) >= 11 is -18.1. The first-order chi connectivity index (χ1) is 6.00. The minimum atomic E-state index is -6.02. The van der Waals surface area contributed by atoms with Gasteiger partial charge < -0.3 is 0 Å². The van der Waals surface area contributed by atoms with Gasteiger partial charge in [0.15, 0.2) is 0 Å². The van der Waals surface area contributed by atoms with E-state index in [2.05, 4.69) is 0 Å². The van der Waals surface area contributed by atoms with Gasteiger partial charge in [0.1, 0.15) is 0 Å². The fourth-order valence-electron chi connectivity index (χ4n) is 0. The molecule has 17 heavy (non-hydrogen) atoms. The molecule has 0 aromatic rings. The van der Waals surface area contributed by atoms with E-state index in [1.165, 1.54) is 0 Å². The van der Waals surface area contributed by atoms with Gasteiger partial charge in [-0.1, -0.05) is 0 Å². The molecule has 0 spiro atoms. The predicted octanol–water partition coefficient (Wildman–Crippen LogP) is -9.91. The Morgan fingerprint density at radius 2 is 0.471 bits per heavy atom. The van der Waals surface area contributed by atoms with Crippen LogP contribution >= 0.6 is 0 Å². The van der Waals surface area contributed by atoms with Gasteiger partial charge in [-0.05, 0) is 0 Å². The molecule has 0 atom stereocenters. The van der Waals surface area contributed by atoms with Crippen LogP contribution in [-0.2, 0) is 39.7 Å². The third-order valence-electron chi connectivity index (χ3n) is 0. The second-order valence-electron chi connectivity index (χ2n) is 1.22. The minimum absolute atomic E-state index is 0. The van der Waals surface area contributed by atoms with Crippen LogP contribution in [0.5, 0.6) is 0 Å². The SMILES string of the molecule is O=[Te](=O)([O-])[O-].O=[Te](=O)([O-])[O-].O=[Te](=O)([O-])[O-].[GeH2].[W]. The van der Waals surface area contributed by atoms with Gasteiger partial charge >= 0.3 is 114 Å². The Kier molecular flexibility index (Phi) is 24.4. The average molecular weight is 833 g/mol. The molecule has 0 saturated carbocycles. The molecule has 0 aliphatic rings. The monoisotopic (exact) mass is 842 g/mol. The quantitative estimate of drug-likeness (QED) is 0.207. The van der Waals surface area contributed by atoms with E-state index in [1.807, 2.05) is 0 Å². The van der Waals surface area contributed by atoms with E-state index in [9.17, 15) is 0 Å². The maximum absolute atomic E-state index is 8.63. The zero-order chi connectivity index (χ0) is 13.5. The van der Waals surface area contributed by atoms with E-state index < -0.39 is 56.9 Å². The first kappa shape index (κ1) is 31.5. The van der Waals surface area contributed by atoms with E-state index in [0.29, 0.717) is 0 Å². The van der Waals surface area contributed by atoms with E-state index in [1.54, 1.807) is 0 Å². The van der Waals surface area contributed by atoms with Crippen LogP contribution in [0.4, 0.5) is 0 Å². The normalized spacial score (nSPS) is 10.2. The molecule has 0 fully saturated rings. The van der Waals surface area contributed by atoms with Crippen LogP contribution in [0.2, 0.25) is 0 Å². The Hall–Kier alpha value is 2.16. The van der Waals surface area contributed by atoms with Crippen molar-refractivity contribution in [1.29, 1.82) is 0 Å². The Labute approximate surface area is 133 Å². The topological polar surface area (TPSA) is 241 Å². The molecule has 0 unspecified atom stereocenters. The third-order valence-corrected chi connectivity index (χ3v) is 0. The molecule has 0 aliphatic carbocycles. The molecule has 17 heteroatoms. The summed E-state index contributed by atoms with van der Waals surface area (Å²) in [4.78, 5) is 0. The van der Waals surface area contributed by atoms with Crippen LogP contribution in [0.15, 0.2) is 0 Å². The van der Waals surface area contributed by atoms with Gasteiger partial charge in [-0.2, -0.15) is 0 Å². The van der Waals surface area contributed by atoms with Gasteiger partial charge in [-0.15, -0.1) is 0 Å². The largest absolute Gasteiger partial charge is 0 e. The summed E-state index contributed by atoms with van der Waals surface area (Å²) in [5.74, 6) is 0.